The molecule has 0 aliphatic heterocycles. The first kappa shape index (κ1) is 22.6. The molecule has 2 aromatic carbocycles. The minimum absolute atomic E-state index is 0.243. The maximum Gasteiger partial charge on any atom is 0.329 e. The van der Waals surface area contributed by atoms with Crippen molar-refractivity contribution in [1.29, 1.82) is 0 Å². The molecule has 4 N–H and O–H groups in total. The number of nitrogens with zero attached hydrogens (tertiary/aromatic N) is 1. The van der Waals surface area contributed by atoms with Crippen LogP contribution in [-0.4, -0.2) is 36.9 Å². The number of amides is 2. The van der Waals surface area contributed by atoms with Crippen LogP contribution in [0.5, 0.6) is 0 Å². The number of hydrogen-bond acceptors (Lipinski definition) is 4. The molecule has 0 bridgehead atoms. The summed E-state index contributed by atoms with van der Waals surface area (Å²) in [5.74, 6) is -0.788. The number of nitrogens with one attached hydrogen (secondary N) is 1. The standard InChI is InChI=1S/C23H28FN3O4/c24-18-10-19(25)12-21(11-18)27(20-4-2-1-3-5-20)23(30)26-13-16-6-8-17(9-7-16)14-31-15-22(28)29/h1-5,10-12,16-17H,6-9,13-15,25H2,(H,26,30)(H,28,29). The Morgan fingerprint density at radius 2 is 1.74 bits per heavy atom. The van der Waals surface area contributed by atoms with Crippen molar-refractivity contribution in [2.75, 3.05) is 30.4 Å². The van der Waals surface area contributed by atoms with E-state index in [-0.39, 0.29) is 18.3 Å². The molecule has 31 heavy (non-hydrogen) atoms. The predicted molar refractivity (Wildman–Crippen MR) is 117 cm³/mol. The van der Waals surface area contributed by atoms with Crippen LogP contribution in [0.4, 0.5) is 26.2 Å². The lowest BCUT2D eigenvalue weighted by Crippen LogP contribution is -2.40. The molecule has 0 radical (unpaired) electrons. The van der Waals surface area contributed by atoms with Gasteiger partial charge in [0.1, 0.15) is 12.4 Å². The Balaban J connectivity index is 1.58. The molecule has 3 rings (SSSR count). The van der Waals surface area contributed by atoms with Gasteiger partial charge in [-0.1, -0.05) is 18.2 Å². The smallest absolute Gasteiger partial charge is 0.329 e. The Kier molecular flexibility index (Phi) is 7.83. The van der Waals surface area contributed by atoms with Gasteiger partial charge >= 0.3 is 12.0 Å². The summed E-state index contributed by atoms with van der Waals surface area (Å²) in [5.41, 5.74) is 7.01. The highest BCUT2D eigenvalue weighted by molar-refractivity contribution is 5.99. The maximum absolute atomic E-state index is 13.9. The number of carbonyl (C=O) groups is 2. The third kappa shape index (κ3) is 6.68. The Morgan fingerprint density at radius 3 is 2.39 bits per heavy atom. The summed E-state index contributed by atoms with van der Waals surface area (Å²) in [7, 11) is 0. The number of halogens is 1. The summed E-state index contributed by atoms with van der Waals surface area (Å²) in [6.45, 7) is 0.694. The zero-order valence-corrected chi connectivity index (χ0v) is 17.3. The average molecular weight is 429 g/mol. The second-order valence-electron chi connectivity index (χ2n) is 7.90. The minimum Gasteiger partial charge on any atom is -0.480 e. The van der Waals surface area contributed by atoms with Crippen molar-refractivity contribution in [3.63, 3.8) is 0 Å². The van der Waals surface area contributed by atoms with Crippen LogP contribution in [0, 0.1) is 17.7 Å². The van der Waals surface area contributed by atoms with Crippen molar-refractivity contribution in [3.8, 4) is 0 Å². The minimum atomic E-state index is -0.959. The number of urea groups is 1. The van der Waals surface area contributed by atoms with Crippen molar-refractivity contribution >= 4 is 29.1 Å². The van der Waals surface area contributed by atoms with E-state index in [1.165, 1.54) is 17.0 Å². The van der Waals surface area contributed by atoms with Crippen molar-refractivity contribution in [1.82, 2.24) is 5.32 Å². The van der Waals surface area contributed by atoms with Crippen LogP contribution in [0.1, 0.15) is 25.7 Å². The lowest BCUT2D eigenvalue weighted by atomic mass is 9.82. The van der Waals surface area contributed by atoms with Crippen LogP contribution in [0.2, 0.25) is 0 Å². The molecule has 1 aliphatic carbocycles. The molecule has 0 spiro atoms. The average Bonchev–Trinajstić information content (AvgIpc) is 2.73. The molecule has 0 unspecified atom stereocenters. The molecule has 0 heterocycles. The highest BCUT2D eigenvalue weighted by atomic mass is 19.1. The molecule has 166 valence electrons. The van der Waals surface area contributed by atoms with Gasteiger partial charge in [-0.25, -0.2) is 14.0 Å². The molecule has 1 fully saturated rings. The zero-order chi connectivity index (χ0) is 22.2. The molecule has 1 saturated carbocycles. The molecular formula is C23H28FN3O4. The summed E-state index contributed by atoms with van der Waals surface area (Å²) in [6.07, 6.45) is 3.73. The summed E-state index contributed by atoms with van der Waals surface area (Å²) < 4.78 is 19.1. The number of anilines is 3. The lowest BCUT2D eigenvalue weighted by molar-refractivity contribution is -0.142. The van der Waals surface area contributed by atoms with Gasteiger partial charge in [-0.3, -0.25) is 4.90 Å². The number of ether oxygens (including phenoxy) is 1. The van der Waals surface area contributed by atoms with Gasteiger partial charge in [0.2, 0.25) is 0 Å². The Labute approximate surface area is 181 Å². The molecule has 1 aliphatic rings. The number of carboxylic acids is 1. The zero-order valence-electron chi connectivity index (χ0n) is 17.3. The Bertz CT molecular complexity index is 865. The van der Waals surface area contributed by atoms with E-state index in [0.717, 1.165) is 25.7 Å². The number of benzene rings is 2. The first-order valence-electron chi connectivity index (χ1n) is 10.4. The van der Waals surface area contributed by atoms with Gasteiger partial charge in [-0.2, -0.15) is 0 Å². The van der Waals surface area contributed by atoms with Crippen molar-refractivity contribution in [2.45, 2.75) is 25.7 Å². The van der Waals surface area contributed by atoms with E-state index in [0.29, 0.717) is 36.4 Å². The monoisotopic (exact) mass is 429 g/mol. The number of hydrogen-bond donors (Lipinski definition) is 3. The molecule has 0 aromatic heterocycles. The van der Waals surface area contributed by atoms with Crippen molar-refractivity contribution < 1.29 is 23.8 Å². The number of carboxylic acid groups (broad SMARTS) is 1. The first-order chi connectivity index (χ1) is 14.9. The second kappa shape index (κ2) is 10.8. The van der Waals surface area contributed by atoms with Crippen molar-refractivity contribution in [3.05, 3.63) is 54.3 Å². The summed E-state index contributed by atoms with van der Waals surface area (Å²) in [4.78, 5) is 25.0. The fraction of sp³-hybridized carbons (Fsp3) is 0.391. The van der Waals surface area contributed by atoms with Crippen LogP contribution in [-0.2, 0) is 9.53 Å². The van der Waals surface area contributed by atoms with Gasteiger partial charge in [0.25, 0.3) is 0 Å². The Hall–Kier alpha value is -3.13. The number of aliphatic carboxylic acids is 1. The van der Waals surface area contributed by atoms with Crippen LogP contribution >= 0.6 is 0 Å². The number of carbonyl (C=O) groups excluding carboxylic acids is 1. The van der Waals surface area contributed by atoms with E-state index >= 15 is 0 Å². The van der Waals surface area contributed by atoms with Crippen LogP contribution in [0.15, 0.2) is 48.5 Å². The van der Waals surface area contributed by atoms with E-state index in [2.05, 4.69) is 5.32 Å². The summed E-state index contributed by atoms with van der Waals surface area (Å²) in [5, 5.41) is 11.6. The molecule has 7 nitrogen and oxygen atoms in total. The summed E-state index contributed by atoms with van der Waals surface area (Å²) >= 11 is 0. The molecule has 0 saturated heterocycles. The highest BCUT2D eigenvalue weighted by Gasteiger charge is 2.24. The van der Waals surface area contributed by atoms with E-state index in [4.69, 9.17) is 15.6 Å². The van der Waals surface area contributed by atoms with Gasteiger partial charge in [0, 0.05) is 12.2 Å². The number of rotatable bonds is 8. The van der Waals surface area contributed by atoms with E-state index in [9.17, 15) is 14.0 Å². The number of para-hydroxylation sites is 1. The molecule has 8 heteroatoms. The van der Waals surface area contributed by atoms with Crippen LogP contribution < -0.4 is 16.0 Å². The quantitative estimate of drug-likeness (QED) is 0.547. The molecular weight excluding hydrogens is 401 g/mol. The van der Waals surface area contributed by atoms with Gasteiger partial charge in [0.05, 0.1) is 18.0 Å². The fourth-order valence-corrected chi connectivity index (χ4v) is 3.91. The first-order valence-corrected chi connectivity index (χ1v) is 10.4. The third-order valence-electron chi connectivity index (χ3n) is 5.47. The van der Waals surface area contributed by atoms with E-state index in [1.54, 1.807) is 18.2 Å². The Morgan fingerprint density at radius 1 is 1.06 bits per heavy atom. The van der Waals surface area contributed by atoms with Crippen molar-refractivity contribution in [2.24, 2.45) is 11.8 Å². The van der Waals surface area contributed by atoms with E-state index < -0.39 is 11.8 Å². The molecule has 0 atom stereocenters. The van der Waals surface area contributed by atoms with E-state index in [1.807, 2.05) is 18.2 Å². The lowest BCUT2D eigenvalue weighted by Gasteiger charge is -2.29. The third-order valence-corrected chi connectivity index (χ3v) is 5.47. The second-order valence-corrected chi connectivity index (χ2v) is 7.90. The topological polar surface area (TPSA) is 105 Å². The van der Waals surface area contributed by atoms with Gasteiger partial charge in [-0.15, -0.1) is 0 Å². The molecule has 2 amide bonds. The largest absolute Gasteiger partial charge is 0.480 e. The van der Waals surface area contributed by atoms with Crippen LogP contribution in [0.25, 0.3) is 0 Å². The normalized spacial score (nSPS) is 18.4. The number of nitrogen functional groups attached to an aromatic ring is 1. The van der Waals surface area contributed by atoms with Crippen LogP contribution in [0.3, 0.4) is 0 Å². The predicted octanol–water partition coefficient (Wildman–Crippen LogP) is 4.16. The number of nitrogens with two attached hydrogens (primary N) is 1. The van der Waals surface area contributed by atoms with Gasteiger partial charge in [0.15, 0.2) is 0 Å². The van der Waals surface area contributed by atoms with Gasteiger partial charge < -0.3 is 20.9 Å². The fourth-order valence-electron chi connectivity index (χ4n) is 3.91. The SMILES string of the molecule is Nc1cc(F)cc(N(C(=O)NCC2CCC(COCC(=O)O)CC2)c2ccccc2)c1. The van der Waals surface area contributed by atoms with Gasteiger partial charge in [-0.05, 0) is 67.9 Å². The molecule has 2 aromatic rings. The highest BCUT2D eigenvalue weighted by Crippen LogP contribution is 2.30. The maximum atomic E-state index is 13.9. The summed E-state index contributed by atoms with van der Waals surface area (Å²) in [6, 6.07) is 12.7.